The molecule has 2 atom stereocenters. The summed E-state index contributed by atoms with van der Waals surface area (Å²) in [7, 11) is 3.38. The number of hydrogen-bond acceptors (Lipinski definition) is 7. The fraction of sp³-hybridized carbons (Fsp3) is 0.412. The predicted octanol–water partition coefficient (Wildman–Crippen LogP) is -0.475. The number of pyridine rings is 1. The van der Waals surface area contributed by atoms with Crippen molar-refractivity contribution in [1.29, 1.82) is 0 Å². The molecule has 0 radical (unpaired) electrons. The summed E-state index contributed by atoms with van der Waals surface area (Å²) in [5, 5.41) is 23.9. The van der Waals surface area contributed by atoms with Gasteiger partial charge >= 0.3 is 5.97 Å². The maximum absolute atomic E-state index is 15.0. The summed E-state index contributed by atoms with van der Waals surface area (Å²) in [6, 6.07) is 0.816. The number of rotatable bonds is 3. The lowest BCUT2D eigenvalue weighted by Crippen LogP contribution is -2.40. The number of aromatic nitrogens is 1. The highest BCUT2D eigenvalue weighted by Gasteiger charge is 2.36. The van der Waals surface area contributed by atoms with Crippen LogP contribution in [0.1, 0.15) is 10.4 Å². The Morgan fingerprint density at radius 1 is 1.41 bits per heavy atom. The molecule has 1 fully saturated rings. The normalized spacial score (nSPS) is 21.6. The van der Waals surface area contributed by atoms with E-state index in [0.717, 1.165) is 6.07 Å². The third kappa shape index (κ3) is 2.52. The Bertz CT molecular complexity index is 1010. The van der Waals surface area contributed by atoms with Crippen LogP contribution in [0.4, 0.5) is 10.1 Å². The maximum atomic E-state index is 15.0. The molecule has 2 aliphatic rings. The maximum Gasteiger partial charge on any atom is 0.341 e. The van der Waals surface area contributed by atoms with E-state index in [4.69, 9.17) is 4.74 Å². The van der Waals surface area contributed by atoms with Gasteiger partial charge in [0, 0.05) is 26.3 Å². The molecular formula is C17H19FN4O5. The zero-order valence-corrected chi connectivity index (χ0v) is 14.8. The molecule has 2 unspecified atom stereocenters. The largest absolute Gasteiger partial charge is 0.477 e. The number of nitrogens with zero attached hydrogens (tertiary/aromatic N) is 3. The molecule has 1 aromatic heterocycles. The number of benzene rings is 1. The van der Waals surface area contributed by atoms with Gasteiger partial charge in [0.15, 0.2) is 18.3 Å². The van der Waals surface area contributed by atoms with E-state index in [-0.39, 0.29) is 36.1 Å². The number of nitrogens with one attached hydrogen (secondary N) is 1. The minimum atomic E-state index is -1.38. The number of aromatic carboxylic acids is 1. The quantitative estimate of drug-likeness (QED) is 0.658. The second-order valence-corrected chi connectivity index (χ2v) is 6.75. The zero-order chi connectivity index (χ0) is 19.5. The SMILES string of the molecule is CNC1CN(c2c(F)cc3c(=O)c(C(=O)O)cn4c3c2OCN4C)CC1O. The third-order valence-electron chi connectivity index (χ3n) is 5.12. The third-order valence-corrected chi connectivity index (χ3v) is 5.12. The van der Waals surface area contributed by atoms with Gasteiger partial charge in [0.1, 0.15) is 16.8 Å². The molecule has 0 saturated carbocycles. The lowest BCUT2D eigenvalue weighted by atomic mass is 10.1. The summed E-state index contributed by atoms with van der Waals surface area (Å²) < 4.78 is 22.2. The molecule has 1 saturated heterocycles. The van der Waals surface area contributed by atoms with Crippen LogP contribution < -0.4 is 25.4 Å². The molecule has 0 aliphatic carbocycles. The van der Waals surface area contributed by atoms with Crippen molar-refractivity contribution in [3.8, 4) is 5.75 Å². The molecule has 0 spiro atoms. The number of carbonyl (C=O) groups is 1. The Balaban J connectivity index is 2.00. The Labute approximate surface area is 153 Å². The first-order valence-corrected chi connectivity index (χ1v) is 8.43. The smallest absolute Gasteiger partial charge is 0.341 e. The molecule has 3 heterocycles. The number of β-amino-alcohol motifs (C(OH)–C–C–N with tert-alkyl or cyclic N) is 1. The van der Waals surface area contributed by atoms with Crippen molar-refractivity contribution in [1.82, 2.24) is 9.99 Å². The molecule has 1 aromatic carbocycles. The number of carboxylic acids is 1. The Hall–Kier alpha value is -2.85. The number of likely N-dealkylation sites (N-methyl/N-ethyl adjacent to an activating group) is 1. The first kappa shape index (κ1) is 17.6. The van der Waals surface area contributed by atoms with Gasteiger partial charge in [-0.05, 0) is 13.1 Å². The summed E-state index contributed by atoms with van der Waals surface area (Å²) in [6.07, 6.45) is 0.538. The Morgan fingerprint density at radius 2 is 2.15 bits per heavy atom. The van der Waals surface area contributed by atoms with Crippen molar-refractivity contribution in [2.75, 3.05) is 43.8 Å². The van der Waals surface area contributed by atoms with E-state index < -0.39 is 28.9 Å². The van der Waals surface area contributed by atoms with Crippen molar-refractivity contribution in [2.45, 2.75) is 12.1 Å². The second-order valence-electron chi connectivity index (χ2n) is 6.75. The summed E-state index contributed by atoms with van der Waals surface area (Å²) in [6.45, 7) is 0.619. The number of aliphatic hydroxyl groups is 1. The summed E-state index contributed by atoms with van der Waals surface area (Å²) in [5.41, 5.74) is -0.753. The van der Waals surface area contributed by atoms with E-state index in [1.807, 2.05) is 0 Å². The number of carboxylic acid groups (broad SMARTS) is 1. The Kier molecular flexibility index (Phi) is 3.97. The highest BCUT2D eigenvalue weighted by atomic mass is 19.1. The van der Waals surface area contributed by atoms with E-state index in [0.29, 0.717) is 12.1 Å². The summed E-state index contributed by atoms with van der Waals surface area (Å²) in [5.74, 6) is -1.91. The number of hydrogen-bond donors (Lipinski definition) is 3. The number of ether oxygens (including phenoxy) is 1. The first-order valence-electron chi connectivity index (χ1n) is 8.43. The summed E-state index contributed by atoms with van der Waals surface area (Å²) in [4.78, 5) is 25.6. The fourth-order valence-corrected chi connectivity index (χ4v) is 3.72. The highest BCUT2D eigenvalue weighted by Crippen LogP contribution is 2.41. The summed E-state index contributed by atoms with van der Waals surface area (Å²) >= 11 is 0. The van der Waals surface area contributed by atoms with Gasteiger partial charge in [0.05, 0.1) is 17.5 Å². The molecule has 0 bridgehead atoms. The lowest BCUT2D eigenvalue weighted by Gasteiger charge is -2.33. The minimum absolute atomic E-state index is 0.0479. The zero-order valence-electron chi connectivity index (χ0n) is 14.8. The van der Waals surface area contributed by atoms with Gasteiger partial charge in [0.25, 0.3) is 0 Å². The van der Waals surface area contributed by atoms with Crippen LogP contribution in [0.15, 0.2) is 17.1 Å². The van der Waals surface area contributed by atoms with Gasteiger partial charge in [-0.15, -0.1) is 0 Å². The van der Waals surface area contributed by atoms with Crippen LogP contribution in [0.5, 0.6) is 5.75 Å². The molecule has 9 nitrogen and oxygen atoms in total. The average molecular weight is 378 g/mol. The minimum Gasteiger partial charge on any atom is -0.477 e. The van der Waals surface area contributed by atoms with Crippen LogP contribution in [0.2, 0.25) is 0 Å². The van der Waals surface area contributed by atoms with Gasteiger partial charge in [-0.25, -0.2) is 9.18 Å². The first-order chi connectivity index (χ1) is 12.8. The van der Waals surface area contributed by atoms with E-state index in [1.54, 1.807) is 24.0 Å². The number of anilines is 1. The van der Waals surface area contributed by atoms with Crippen LogP contribution in [-0.4, -0.2) is 66.9 Å². The van der Waals surface area contributed by atoms with Crippen molar-refractivity contribution >= 4 is 22.6 Å². The number of aliphatic hydroxyl groups excluding tert-OH is 1. The van der Waals surface area contributed by atoms with Crippen molar-refractivity contribution < 1.29 is 24.1 Å². The van der Waals surface area contributed by atoms with Crippen molar-refractivity contribution in [2.24, 2.45) is 0 Å². The van der Waals surface area contributed by atoms with Gasteiger partial charge in [-0.1, -0.05) is 0 Å². The van der Waals surface area contributed by atoms with Crippen LogP contribution in [-0.2, 0) is 0 Å². The van der Waals surface area contributed by atoms with Crippen molar-refractivity contribution in [3.63, 3.8) is 0 Å². The topological polar surface area (TPSA) is 107 Å². The number of halogens is 1. The van der Waals surface area contributed by atoms with Crippen molar-refractivity contribution in [3.05, 3.63) is 33.9 Å². The van der Waals surface area contributed by atoms with E-state index in [9.17, 15) is 19.8 Å². The molecule has 2 aliphatic heterocycles. The van der Waals surface area contributed by atoms with E-state index in [1.165, 1.54) is 10.9 Å². The van der Waals surface area contributed by atoms with Crippen LogP contribution in [0.25, 0.3) is 10.9 Å². The Morgan fingerprint density at radius 3 is 2.78 bits per heavy atom. The van der Waals surface area contributed by atoms with Gasteiger partial charge in [0.2, 0.25) is 5.43 Å². The van der Waals surface area contributed by atoms with Gasteiger partial charge < -0.3 is 25.2 Å². The van der Waals surface area contributed by atoms with E-state index >= 15 is 4.39 Å². The molecule has 3 N–H and O–H groups in total. The molecule has 2 aromatic rings. The monoisotopic (exact) mass is 378 g/mol. The lowest BCUT2D eigenvalue weighted by molar-refractivity contribution is 0.0694. The standard InChI is InChI=1S/C17H19FN4O5/c1-19-11-5-21(6-12(11)23)14-10(18)3-8-13-16(14)27-7-20(2)22(13)4-9(15(8)24)17(25)26/h3-4,11-12,19,23H,5-7H2,1-2H3,(H,25,26). The van der Waals surface area contributed by atoms with Gasteiger partial charge in [-0.2, -0.15) is 0 Å². The fourth-order valence-electron chi connectivity index (χ4n) is 3.72. The van der Waals surface area contributed by atoms with Crippen LogP contribution in [0.3, 0.4) is 0 Å². The van der Waals surface area contributed by atoms with E-state index in [2.05, 4.69) is 5.32 Å². The molecule has 4 rings (SSSR count). The molecule has 10 heteroatoms. The average Bonchev–Trinajstić information content (AvgIpc) is 2.99. The highest BCUT2D eigenvalue weighted by molar-refractivity contribution is 5.97. The van der Waals surface area contributed by atoms with Crippen LogP contribution in [0, 0.1) is 5.82 Å². The molecule has 0 amide bonds. The molecule has 144 valence electrons. The van der Waals surface area contributed by atoms with Gasteiger partial charge in [-0.3, -0.25) is 14.5 Å². The molecule has 27 heavy (non-hydrogen) atoms. The van der Waals surface area contributed by atoms with Crippen LogP contribution >= 0.6 is 0 Å². The molecular weight excluding hydrogens is 359 g/mol. The predicted molar refractivity (Wildman–Crippen MR) is 95.8 cm³/mol. The second kappa shape index (κ2) is 6.10.